The molecule has 0 aromatic carbocycles. The number of aliphatic imine (C=N–C) groups is 1. The number of hydrogen-bond donors (Lipinski definition) is 2. The van der Waals surface area contributed by atoms with Crippen LogP contribution in [0, 0.1) is 0 Å². The highest BCUT2D eigenvalue weighted by molar-refractivity contribution is 5.80. The molecule has 5 heteroatoms. The fraction of sp³-hybridized carbons (Fsp3) is 0.933. The molecule has 0 aliphatic carbocycles. The van der Waals surface area contributed by atoms with Gasteiger partial charge in [-0.05, 0) is 41.5 Å². The average Bonchev–Trinajstić information content (AvgIpc) is 2.33. The van der Waals surface area contributed by atoms with Crippen molar-refractivity contribution in [2.24, 2.45) is 4.99 Å². The van der Waals surface area contributed by atoms with E-state index in [1.165, 1.54) is 0 Å². The Balaban J connectivity index is 4.38. The minimum Gasteiger partial charge on any atom is -0.383 e. The summed E-state index contributed by atoms with van der Waals surface area (Å²) in [5.74, 6) is 0.865. The first kappa shape index (κ1) is 19.2. The van der Waals surface area contributed by atoms with E-state index in [2.05, 4.69) is 62.1 Å². The fourth-order valence-electron chi connectivity index (χ4n) is 2.24. The van der Waals surface area contributed by atoms with Crippen LogP contribution in [0.4, 0.5) is 0 Å². The van der Waals surface area contributed by atoms with Gasteiger partial charge in [-0.25, -0.2) is 0 Å². The number of nitrogens with one attached hydrogen (secondary N) is 2. The molecule has 0 saturated carbocycles. The number of ether oxygens (including phenoxy) is 1. The van der Waals surface area contributed by atoms with Gasteiger partial charge in [-0.1, -0.05) is 0 Å². The molecule has 2 N–H and O–H groups in total. The van der Waals surface area contributed by atoms with Crippen LogP contribution in [0.3, 0.4) is 0 Å². The highest BCUT2D eigenvalue weighted by Gasteiger charge is 2.12. The van der Waals surface area contributed by atoms with Crippen molar-refractivity contribution < 1.29 is 4.74 Å². The van der Waals surface area contributed by atoms with Gasteiger partial charge in [-0.3, -0.25) is 9.89 Å². The van der Waals surface area contributed by atoms with Gasteiger partial charge >= 0.3 is 0 Å². The Morgan fingerprint density at radius 1 is 1.15 bits per heavy atom. The summed E-state index contributed by atoms with van der Waals surface area (Å²) in [6.07, 6.45) is 0. The molecule has 0 aliphatic heterocycles. The van der Waals surface area contributed by atoms with Crippen molar-refractivity contribution >= 4 is 5.96 Å². The molecule has 0 heterocycles. The second kappa shape index (κ2) is 10.9. The molecular formula is C15H34N4O. The molecule has 0 aromatic rings. The molecule has 1 atom stereocenters. The lowest BCUT2D eigenvalue weighted by molar-refractivity contribution is 0.178. The molecule has 120 valence electrons. The van der Waals surface area contributed by atoms with E-state index in [0.29, 0.717) is 18.7 Å². The first-order valence-electron chi connectivity index (χ1n) is 7.71. The smallest absolute Gasteiger partial charge is 0.191 e. The van der Waals surface area contributed by atoms with Crippen LogP contribution in [-0.2, 0) is 4.74 Å². The van der Waals surface area contributed by atoms with E-state index in [4.69, 9.17) is 4.74 Å². The zero-order valence-electron chi connectivity index (χ0n) is 14.4. The second-order valence-corrected chi connectivity index (χ2v) is 5.69. The van der Waals surface area contributed by atoms with Crippen molar-refractivity contribution in [2.45, 2.75) is 59.7 Å². The van der Waals surface area contributed by atoms with Crippen LogP contribution in [0.5, 0.6) is 0 Å². The Morgan fingerprint density at radius 3 is 2.20 bits per heavy atom. The van der Waals surface area contributed by atoms with Crippen molar-refractivity contribution in [1.29, 1.82) is 0 Å². The molecule has 0 spiro atoms. The standard InChI is InChI=1S/C15H34N4O/c1-8-16-15(18-14(6)11-20-7)17-9-10-19(12(2)3)13(4)5/h12-14H,8-11H2,1-7H3,(H2,16,17,18). The normalized spacial score (nSPS) is 14.2. The Labute approximate surface area is 125 Å². The Morgan fingerprint density at radius 2 is 1.75 bits per heavy atom. The van der Waals surface area contributed by atoms with Gasteiger partial charge < -0.3 is 15.4 Å². The lowest BCUT2D eigenvalue weighted by Gasteiger charge is -2.29. The van der Waals surface area contributed by atoms with Crippen molar-refractivity contribution in [3.63, 3.8) is 0 Å². The number of rotatable bonds is 9. The molecule has 5 nitrogen and oxygen atoms in total. The third-order valence-corrected chi connectivity index (χ3v) is 3.10. The molecule has 0 amide bonds. The van der Waals surface area contributed by atoms with E-state index >= 15 is 0 Å². The third kappa shape index (κ3) is 8.38. The molecule has 1 unspecified atom stereocenters. The van der Waals surface area contributed by atoms with E-state index in [1.807, 2.05) is 0 Å². The summed E-state index contributed by atoms with van der Waals surface area (Å²) in [4.78, 5) is 7.09. The average molecular weight is 286 g/mol. The van der Waals surface area contributed by atoms with Crippen molar-refractivity contribution in [1.82, 2.24) is 15.5 Å². The lowest BCUT2D eigenvalue weighted by atomic mass is 10.2. The maximum Gasteiger partial charge on any atom is 0.191 e. The highest BCUT2D eigenvalue weighted by Crippen LogP contribution is 2.03. The molecule has 0 aliphatic rings. The van der Waals surface area contributed by atoms with Gasteiger partial charge in [0.2, 0.25) is 0 Å². The van der Waals surface area contributed by atoms with Gasteiger partial charge in [0.1, 0.15) is 0 Å². The molecular weight excluding hydrogens is 252 g/mol. The summed E-state index contributed by atoms with van der Waals surface area (Å²) in [5, 5.41) is 6.62. The van der Waals surface area contributed by atoms with E-state index in [-0.39, 0.29) is 6.04 Å². The summed E-state index contributed by atoms with van der Waals surface area (Å²) in [7, 11) is 1.71. The highest BCUT2D eigenvalue weighted by atomic mass is 16.5. The monoisotopic (exact) mass is 286 g/mol. The van der Waals surface area contributed by atoms with E-state index in [0.717, 1.165) is 25.6 Å². The third-order valence-electron chi connectivity index (χ3n) is 3.10. The Hall–Kier alpha value is -0.810. The zero-order valence-corrected chi connectivity index (χ0v) is 14.4. The maximum absolute atomic E-state index is 5.13. The maximum atomic E-state index is 5.13. The van der Waals surface area contributed by atoms with Crippen molar-refractivity contribution in [2.75, 3.05) is 33.4 Å². The van der Waals surface area contributed by atoms with Gasteiger partial charge in [0, 0.05) is 38.3 Å². The van der Waals surface area contributed by atoms with E-state index in [1.54, 1.807) is 7.11 Å². The minimum absolute atomic E-state index is 0.254. The van der Waals surface area contributed by atoms with Crippen LogP contribution in [0.2, 0.25) is 0 Å². The summed E-state index contributed by atoms with van der Waals surface area (Å²) < 4.78 is 5.13. The van der Waals surface area contributed by atoms with Crippen LogP contribution < -0.4 is 10.6 Å². The minimum atomic E-state index is 0.254. The molecule has 0 fully saturated rings. The summed E-state index contributed by atoms with van der Waals surface area (Å²) in [6, 6.07) is 1.35. The van der Waals surface area contributed by atoms with Crippen LogP contribution in [-0.4, -0.2) is 62.3 Å². The topological polar surface area (TPSA) is 48.9 Å². The molecule has 0 bridgehead atoms. The molecule has 0 rings (SSSR count). The van der Waals surface area contributed by atoms with E-state index in [9.17, 15) is 0 Å². The van der Waals surface area contributed by atoms with E-state index < -0.39 is 0 Å². The number of nitrogens with zero attached hydrogens (tertiary/aromatic N) is 2. The van der Waals surface area contributed by atoms with Crippen LogP contribution in [0.1, 0.15) is 41.5 Å². The van der Waals surface area contributed by atoms with Gasteiger partial charge in [0.15, 0.2) is 5.96 Å². The molecule has 0 radical (unpaired) electrons. The fourth-order valence-corrected chi connectivity index (χ4v) is 2.24. The van der Waals surface area contributed by atoms with Gasteiger partial charge in [-0.2, -0.15) is 0 Å². The summed E-state index contributed by atoms with van der Waals surface area (Å²) in [6.45, 7) is 16.4. The first-order valence-corrected chi connectivity index (χ1v) is 7.71. The quantitative estimate of drug-likeness (QED) is 0.500. The summed E-state index contributed by atoms with van der Waals surface area (Å²) in [5.41, 5.74) is 0. The van der Waals surface area contributed by atoms with Crippen LogP contribution in [0.25, 0.3) is 0 Å². The molecule has 0 saturated heterocycles. The largest absolute Gasteiger partial charge is 0.383 e. The predicted octanol–water partition coefficient (Wildman–Crippen LogP) is 1.70. The Kier molecular flexibility index (Phi) is 10.5. The van der Waals surface area contributed by atoms with Crippen molar-refractivity contribution in [3.05, 3.63) is 0 Å². The number of methoxy groups -OCH3 is 1. The number of hydrogen-bond acceptors (Lipinski definition) is 3. The number of guanidine groups is 1. The molecule has 20 heavy (non-hydrogen) atoms. The lowest BCUT2D eigenvalue weighted by Crippen LogP contribution is -2.44. The SMILES string of the molecule is CCNC(=NCCN(C(C)C)C(C)C)NC(C)COC. The predicted molar refractivity (Wildman–Crippen MR) is 87.4 cm³/mol. The Bertz CT molecular complexity index is 259. The summed E-state index contributed by atoms with van der Waals surface area (Å²) >= 11 is 0. The van der Waals surface area contributed by atoms with Crippen LogP contribution >= 0.6 is 0 Å². The van der Waals surface area contributed by atoms with Crippen molar-refractivity contribution in [3.8, 4) is 0 Å². The second-order valence-electron chi connectivity index (χ2n) is 5.69. The first-order chi connectivity index (χ1) is 9.42. The zero-order chi connectivity index (χ0) is 15.5. The van der Waals surface area contributed by atoms with Gasteiger partial charge in [0.05, 0.1) is 13.2 Å². The van der Waals surface area contributed by atoms with Crippen LogP contribution in [0.15, 0.2) is 4.99 Å². The molecule has 0 aromatic heterocycles. The van der Waals surface area contributed by atoms with Gasteiger partial charge in [-0.15, -0.1) is 0 Å². The van der Waals surface area contributed by atoms with Gasteiger partial charge in [0.25, 0.3) is 0 Å².